The molecule has 0 saturated heterocycles. The second-order valence-corrected chi connectivity index (χ2v) is 3.33. The van der Waals surface area contributed by atoms with Crippen molar-refractivity contribution in [1.82, 2.24) is 14.8 Å². The molecule has 0 amide bonds. The van der Waals surface area contributed by atoms with Crippen molar-refractivity contribution in [1.29, 1.82) is 0 Å². The molecular weight excluding hydrogens is 210 g/mol. The van der Waals surface area contributed by atoms with Gasteiger partial charge in [0.25, 0.3) is 0 Å². The molecule has 0 atom stereocenters. The minimum absolute atomic E-state index is 0.0308. The van der Waals surface area contributed by atoms with Crippen LogP contribution in [0.5, 0.6) is 0 Å². The molecule has 2 rings (SSSR count). The number of pyridine rings is 1. The maximum absolute atomic E-state index is 11.0. The number of H-pyrrole nitrogens is 1. The molecule has 6 nitrogen and oxygen atoms in total. The third-order valence-electron chi connectivity index (χ3n) is 2.17. The van der Waals surface area contributed by atoms with E-state index in [-0.39, 0.29) is 5.56 Å². The minimum Gasteiger partial charge on any atom is -0.478 e. The number of aryl methyl sites for hydroxylation is 1. The second-order valence-electron chi connectivity index (χ2n) is 3.33. The van der Waals surface area contributed by atoms with E-state index in [2.05, 4.69) is 10.1 Å². The fourth-order valence-corrected chi connectivity index (χ4v) is 1.45. The van der Waals surface area contributed by atoms with Crippen LogP contribution in [0.25, 0.3) is 11.1 Å². The first-order chi connectivity index (χ1) is 7.58. The average molecular weight is 219 g/mol. The zero-order valence-electron chi connectivity index (χ0n) is 8.47. The van der Waals surface area contributed by atoms with Gasteiger partial charge >= 0.3 is 5.97 Å². The Morgan fingerprint density at radius 1 is 1.56 bits per heavy atom. The number of hydrogen-bond acceptors (Lipinski definition) is 3. The van der Waals surface area contributed by atoms with Gasteiger partial charge in [-0.15, -0.1) is 0 Å². The Labute approximate surface area is 90.2 Å². The molecule has 0 bridgehead atoms. The second kappa shape index (κ2) is 3.65. The third kappa shape index (κ3) is 1.72. The summed E-state index contributed by atoms with van der Waals surface area (Å²) in [5.41, 5.74) is 0.623. The van der Waals surface area contributed by atoms with Gasteiger partial charge in [-0.1, -0.05) is 0 Å². The predicted molar refractivity (Wildman–Crippen MR) is 56.2 cm³/mol. The predicted octanol–water partition coefficient (Wildman–Crippen LogP) is 0.474. The number of aromatic carboxylic acids is 1. The molecule has 0 aliphatic carbocycles. The van der Waals surface area contributed by atoms with Gasteiger partial charge in [-0.05, 0) is 0 Å². The van der Waals surface area contributed by atoms with Crippen molar-refractivity contribution in [3.05, 3.63) is 40.6 Å². The maximum atomic E-state index is 11.0. The zero-order chi connectivity index (χ0) is 11.7. The van der Waals surface area contributed by atoms with Crippen LogP contribution in [0.4, 0.5) is 0 Å². The Morgan fingerprint density at radius 2 is 2.31 bits per heavy atom. The van der Waals surface area contributed by atoms with Crippen LogP contribution in [0.2, 0.25) is 0 Å². The molecule has 0 aliphatic rings. The molecule has 0 radical (unpaired) electrons. The van der Waals surface area contributed by atoms with E-state index in [1.807, 2.05) is 0 Å². The highest BCUT2D eigenvalue weighted by Gasteiger charge is 2.13. The van der Waals surface area contributed by atoms with Crippen LogP contribution in [0.3, 0.4) is 0 Å². The number of aromatic amines is 1. The molecule has 16 heavy (non-hydrogen) atoms. The quantitative estimate of drug-likeness (QED) is 0.768. The number of nitrogens with zero attached hydrogens (tertiary/aromatic N) is 2. The van der Waals surface area contributed by atoms with Crippen LogP contribution in [0.1, 0.15) is 10.4 Å². The van der Waals surface area contributed by atoms with E-state index in [9.17, 15) is 9.59 Å². The van der Waals surface area contributed by atoms with Gasteiger partial charge in [0.2, 0.25) is 5.56 Å². The normalized spacial score (nSPS) is 10.3. The number of carbonyl (C=O) groups is 1. The summed E-state index contributed by atoms with van der Waals surface area (Å²) in [6.45, 7) is 0. The van der Waals surface area contributed by atoms with Gasteiger partial charge in [-0.25, -0.2) is 4.79 Å². The van der Waals surface area contributed by atoms with E-state index < -0.39 is 11.5 Å². The van der Waals surface area contributed by atoms with Crippen molar-refractivity contribution in [3.63, 3.8) is 0 Å². The number of nitrogens with one attached hydrogen (secondary N) is 1. The van der Waals surface area contributed by atoms with Gasteiger partial charge in [0, 0.05) is 36.6 Å². The van der Waals surface area contributed by atoms with Crippen molar-refractivity contribution in [2.45, 2.75) is 0 Å². The average Bonchev–Trinajstić information content (AvgIpc) is 2.64. The summed E-state index contributed by atoms with van der Waals surface area (Å²) < 4.78 is 1.56. The van der Waals surface area contributed by atoms with Crippen LogP contribution in [0.15, 0.2) is 29.5 Å². The van der Waals surface area contributed by atoms with E-state index >= 15 is 0 Å². The number of aromatic nitrogens is 3. The Bertz CT molecular complexity index is 597. The van der Waals surface area contributed by atoms with Gasteiger partial charge in [0.05, 0.1) is 11.8 Å². The summed E-state index contributed by atoms with van der Waals surface area (Å²) in [7, 11) is 1.73. The van der Waals surface area contributed by atoms with E-state index in [0.29, 0.717) is 11.1 Å². The molecule has 0 spiro atoms. The highest BCUT2D eigenvalue weighted by atomic mass is 16.4. The molecule has 2 N–H and O–H groups in total. The molecule has 0 saturated carbocycles. The lowest BCUT2D eigenvalue weighted by Gasteiger charge is -2.01. The van der Waals surface area contributed by atoms with Crippen LogP contribution in [-0.4, -0.2) is 25.8 Å². The van der Waals surface area contributed by atoms with E-state index in [1.54, 1.807) is 24.1 Å². The van der Waals surface area contributed by atoms with Crippen LogP contribution < -0.4 is 5.56 Å². The summed E-state index contributed by atoms with van der Waals surface area (Å²) >= 11 is 0. The molecule has 0 aliphatic heterocycles. The molecule has 82 valence electrons. The Hall–Kier alpha value is -2.37. The summed E-state index contributed by atoms with van der Waals surface area (Å²) in [6.07, 6.45) is 4.60. The number of rotatable bonds is 2. The van der Waals surface area contributed by atoms with Gasteiger partial charge in [0.15, 0.2) is 0 Å². The maximum Gasteiger partial charge on any atom is 0.336 e. The largest absolute Gasteiger partial charge is 0.478 e. The molecule has 0 unspecified atom stereocenters. The smallest absolute Gasteiger partial charge is 0.336 e. The minimum atomic E-state index is -1.13. The van der Waals surface area contributed by atoms with Crippen LogP contribution >= 0.6 is 0 Å². The van der Waals surface area contributed by atoms with Crippen molar-refractivity contribution >= 4 is 5.97 Å². The molecular formula is C10H9N3O3. The molecule has 0 fully saturated rings. The van der Waals surface area contributed by atoms with Crippen molar-refractivity contribution in [3.8, 4) is 11.1 Å². The summed E-state index contributed by atoms with van der Waals surface area (Å²) in [5, 5.41) is 12.9. The molecule has 6 heteroatoms. The highest BCUT2D eigenvalue weighted by Crippen LogP contribution is 2.20. The van der Waals surface area contributed by atoms with Crippen LogP contribution in [-0.2, 0) is 7.05 Å². The lowest BCUT2D eigenvalue weighted by molar-refractivity contribution is 0.0697. The SMILES string of the molecule is Cn1cc(-c2c[nH]c(=O)cc2C(=O)O)cn1. The molecule has 2 heterocycles. The fourth-order valence-electron chi connectivity index (χ4n) is 1.45. The highest BCUT2D eigenvalue weighted by molar-refractivity contribution is 5.95. The van der Waals surface area contributed by atoms with Gasteiger partial charge in [0.1, 0.15) is 0 Å². The molecule has 2 aromatic rings. The van der Waals surface area contributed by atoms with E-state index in [4.69, 9.17) is 5.11 Å². The van der Waals surface area contributed by atoms with Crippen molar-refractivity contribution in [2.24, 2.45) is 7.05 Å². The molecule has 0 aromatic carbocycles. The third-order valence-corrected chi connectivity index (χ3v) is 2.17. The Morgan fingerprint density at radius 3 is 2.88 bits per heavy atom. The first kappa shape index (κ1) is 10.2. The number of hydrogen-bond donors (Lipinski definition) is 2. The number of carboxylic acid groups (broad SMARTS) is 1. The lowest BCUT2D eigenvalue weighted by atomic mass is 10.1. The van der Waals surface area contributed by atoms with Gasteiger partial charge in [-0.3, -0.25) is 9.48 Å². The van der Waals surface area contributed by atoms with Crippen molar-refractivity contribution in [2.75, 3.05) is 0 Å². The Balaban J connectivity index is 2.65. The fraction of sp³-hybridized carbons (Fsp3) is 0.100. The summed E-state index contributed by atoms with van der Waals surface area (Å²) in [6, 6.07) is 1.06. The number of carboxylic acids is 1. The lowest BCUT2D eigenvalue weighted by Crippen LogP contribution is -2.10. The Kier molecular flexibility index (Phi) is 2.32. The zero-order valence-corrected chi connectivity index (χ0v) is 8.47. The monoisotopic (exact) mass is 219 g/mol. The topological polar surface area (TPSA) is 88.0 Å². The first-order valence-corrected chi connectivity index (χ1v) is 4.53. The van der Waals surface area contributed by atoms with Gasteiger partial charge in [-0.2, -0.15) is 5.10 Å². The summed E-state index contributed by atoms with van der Waals surface area (Å²) in [4.78, 5) is 24.5. The first-order valence-electron chi connectivity index (χ1n) is 4.53. The van der Waals surface area contributed by atoms with Gasteiger partial charge < -0.3 is 10.1 Å². The van der Waals surface area contributed by atoms with E-state index in [0.717, 1.165) is 6.07 Å². The van der Waals surface area contributed by atoms with E-state index in [1.165, 1.54) is 6.20 Å². The standard InChI is InChI=1S/C10H9N3O3/c1-13-5-6(3-12-13)8-4-11-9(14)2-7(8)10(15)16/h2-5H,1H3,(H,11,14)(H,15,16). The molecule has 2 aromatic heterocycles. The van der Waals surface area contributed by atoms with Crippen LogP contribution in [0, 0.1) is 0 Å². The summed E-state index contributed by atoms with van der Waals surface area (Å²) in [5.74, 6) is -1.13. The van der Waals surface area contributed by atoms with Crippen molar-refractivity contribution < 1.29 is 9.90 Å².